The first kappa shape index (κ1) is 15.2. The Balaban J connectivity index is 1.73. The number of nitrogens with one attached hydrogen (secondary N) is 1. The lowest BCUT2D eigenvalue weighted by molar-refractivity contribution is 0.395. The first-order valence-electron chi connectivity index (χ1n) is 7.87. The van der Waals surface area contributed by atoms with Crippen LogP contribution in [0, 0.1) is 6.92 Å². The maximum Gasteiger partial charge on any atom is 0.0945 e. The summed E-state index contributed by atoms with van der Waals surface area (Å²) in [5.41, 5.74) is 3.49. The lowest BCUT2D eigenvalue weighted by Crippen LogP contribution is -2.36. The molecule has 0 unspecified atom stereocenters. The van der Waals surface area contributed by atoms with E-state index in [-0.39, 0.29) is 0 Å². The molecule has 2 aromatic heterocycles. The molecule has 0 amide bonds. The van der Waals surface area contributed by atoms with Crippen molar-refractivity contribution < 1.29 is 0 Å². The lowest BCUT2D eigenvalue weighted by Gasteiger charge is -2.20. The van der Waals surface area contributed by atoms with E-state index in [1.807, 2.05) is 24.1 Å². The Morgan fingerprint density at radius 1 is 1.32 bits per heavy atom. The van der Waals surface area contributed by atoms with Crippen LogP contribution >= 0.6 is 0 Å². The van der Waals surface area contributed by atoms with E-state index in [9.17, 15) is 0 Å². The summed E-state index contributed by atoms with van der Waals surface area (Å²) in [7, 11) is 4.24. The molecule has 0 bridgehead atoms. The minimum absolute atomic E-state index is 0.417. The summed E-state index contributed by atoms with van der Waals surface area (Å²) < 4.78 is 4.10. The molecule has 1 aliphatic heterocycles. The number of imidazole rings is 1. The van der Waals surface area contributed by atoms with Gasteiger partial charge in [-0.3, -0.25) is 0 Å². The topological polar surface area (TPSA) is 63.8 Å². The molecule has 3 rings (SSSR count). The highest BCUT2D eigenvalue weighted by atomic mass is 15.4. The molecule has 0 radical (unpaired) electrons. The normalized spacial score (nSPS) is 22.5. The second kappa shape index (κ2) is 6.18. The summed E-state index contributed by atoms with van der Waals surface area (Å²) in [5, 5.41) is 12.1. The molecule has 7 nitrogen and oxygen atoms in total. The largest absolute Gasteiger partial charge is 0.337 e. The van der Waals surface area contributed by atoms with E-state index < -0.39 is 0 Å². The van der Waals surface area contributed by atoms with Gasteiger partial charge in [-0.15, -0.1) is 5.10 Å². The molecule has 2 atom stereocenters. The van der Waals surface area contributed by atoms with Gasteiger partial charge in [0.1, 0.15) is 0 Å². The average molecular weight is 303 g/mol. The van der Waals surface area contributed by atoms with Crippen LogP contribution in [0.4, 0.5) is 0 Å². The summed E-state index contributed by atoms with van der Waals surface area (Å²) >= 11 is 0. The van der Waals surface area contributed by atoms with Gasteiger partial charge in [-0.05, 0) is 20.9 Å². The lowest BCUT2D eigenvalue weighted by atomic mass is 10.00. The summed E-state index contributed by atoms with van der Waals surface area (Å²) in [5.74, 6) is 0.462. The third-order valence-electron chi connectivity index (χ3n) is 4.60. The van der Waals surface area contributed by atoms with Gasteiger partial charge in [0.25, 0.3) is 0 Å². The van der Waals surface area contributed by atoms with E-state index in [0.29, 0.717) is 12.0 Å². The minimum Gasteiger partial charge on any atom is -0.337 e. The summed E-state index contributed by atoms with van der Waals surface area (Å²) in [6, 6.07) is 0.417. The Bertz CT molecular complexity index is 630. The van der Waals surface area contributed by atoms with Gasteiger partial charge < -0.3 is 14.8 Å². The fourth-order valence-electron chi connectivity index (χ4n) is 3.35. The molecule has 7 heteroatoms. The fraction of sp³-hybridized carbons (Fsp3) is 0.667. The van der Waals surface area contributed by atoms with Crippen molar-refractivity contribution in [1.82, 2.24) is 34.8 Å². The Morgan fingerprint density at radius 2 is 2.14 bits per heavy atom. The van der Waals surface area contributed by atoms with Gasteiger partial charge >= 0.3 is 0 Å². The zero-order chi connectivity index (χ0) is 15.7. The van der Waals surface area contributed by atoms with Gasteiger partial charge in [-0.1, -0.05) is 5.21 Å². The highest BCUT2D eigenvalue weighted by Crippen LogP contribution is 2.26. The monoisotopic (exact) mass is 303 g/mol. The number of likely N-dealkylation sites (tertiary alicyclic amines) is 1. The van der Waals surface area contributed by atoms with Crippen LogP contribution in [-0.2, 0) is 20.1 Å². The molecule has 1 N–H and O–H groups in total. The van der Waals surface area contributed by atoms with Crippen LogP contribution in [0.25, 0.3) is 0 Å². The molecule has 1 aliphatic rings. The average Bonchev–Trinajstić information content (AvgIpc) is 3.16. The second-order valence-corrected chi connectivity index (χ2v) is 6.18. The van der Waals surface area contributed by atoms with Gasteiger partial charge in [-0.25, -0.2) is 9.67 Å². The van der Waals surface area contributed by atoms with Crippen LogP contribution in [0.3, 0.4) is 0 Å². The Kier molecular flexibility index (Phi) is 4.26. The molecule has 2 aromatic rings. The van der Waals surface area contributed by atoms with Crippen molar-refractivity contribution in [3.8, 4) is 0 Å². The molecule has 1 fully saturated rings. The number of likely N-dealkylation sites (N-methyl/N-ethyl adjacent to an activating group) is 1. The maximum atomic E-state index is 4.27. The number of nitrogens with zero attached hydrogens (tertiary/aromatic N) is 6. The van der Waals surface area contributed by atoms with Gasteiger partial charge in [0.2, 0.25) is 0 Å². The van der Waals surface area contributed by atoms with Crippen molar-refractivity contribution in [3.05, 3.63) is 29.6 Å². The number of aromatic nitrogens is 5. The molecule has 22 heavy (non-hydrogen) atoms. The van der Waals surface area contributed by atoms with Crippen LogP contribution in [-0.4, -0.2) is 55.6 Å². The predicted octanol–water partition coefficient (Wildman–Crippen LogP) is 0.527. The number of hydrogen-bond donors (Lipinski definition) is 1. The molecule has 120 valence electrons. The van der Waals surface area contributed by atoms with E-state index >= 15 is 0 Å². The molecule has 3 heterocycles. The molecule has 0 aliphatic carbocycles. The van der Waals surface area contributed by atoms with Crippen LogP contribution < -0.4 is 5.32 Å². The Morgan fingerprint density at radius 3 is 2.82 bits per heavy atom. The zero-order valence-corrected chi connectivity index (χ0v) is 13.8. The van der Waals surface area contributed by atoms with Crippen molar-refractivity contribution in [2.75, 3.05) is 20.1 Å². The standard InChI is InChI=1S/C15H25N7/c1-5-22-14(11(2)18-19-22)7-17-13-9-20(3)8-12(13)15-6-16-10-21(15)4/h6,10,12-13,17H,5,7-9H2,1-4H3/t12-,13-/m1/s1. The third-order valence-corrected chi connectivity index (χ3v) is 4.60. The SMILES string of the molecule is CCn1nnc(C)c1CN[C@@H]1CN(C)C[C@H]1c1cncn1C. The highest BCUT2D eigenvalue weighted by Gasteiger charge is 2.33. The van der Waals surface area contributed by atoms with Crippen molar-refractivity contribution in [2.24, 2.45) is 7.05 Å². The smallest absolute Gasteiger partial charge is 0.0945 e. The maximum absolute atomic E-state index is 4.27. The van der Waals surface area contributed by atoms with Crippen LogP contribution in [0.15, 0.2) is 12.5 Å². The van der Waals surface area contributed by atoms with Crippen LogP contribution in [0.5, 0.6) is 0 Å². The molecular formula is C15H25N7. The van der Waals surface area contributed by atoms with E-state index in [1.54, 1.807) is 0 Å². The summed E-state index contributed by atoms with van der Waals surface area (Å²) in [4.78, 5) is 6.64. The van der Waals surface area contributed by atoms with Crippen molar-refractivity contribution >= 4 is 0 Å². The first-order chi connectivity index (χ1) is 10.6. The molecular weight excluding hydrogens is 278 g/mol. The number of rotatable bonds is 5. The first-order valence-corrected chi connectivity index (χ1v) is 7.87. The van der Waals surface area contributed by atoms with Gasteiger partial charge in [-0.2, -0.15) is 0 Å². The number of hydrogen-bond acceptors (Lipinski definition) is 5. The molecule has 0 saturated carbocycles. The van der Waals surface area contributed by atoms with Gasteiger partial charge in [0.05, 0.1) is 17.7 Å². The van der Waals surface area contributed by atoms with Crippen molar-refractivity contribution in [1.29, 1.82) is 0 Å². The van der Waals surface area contributed by atoms with Gasteiger partial charge in [0.15, 0.2) is 0 Å². The van der Waals surface area contributed by atoms with Crippen molar-refractivity contribution in [2.45, 2.75) is 38.9 Å². The predicted molar refractivity (Wildman–Crippen MR) is 84.5 cm³/mol. The summed E-state index contributed by atoms with van der Waals surface area (Å²) in [6.45, 7) is 7.88. The van der Waals surface area contributed by atoms with Crippen LogP contribution in [0.1, 0.15) is 29.9 Å². The second-order valence-electron chi connectivity index (χ2n) is 6.18. The zero-order valence-electron chi connectivity index (χ0n) is 13.8. The van der Waals surface area contributed by atoms with Crippen LogP contribution in [0.2, 0.25) is 0 Å². The van der Waals surface area contributed by atoms with E-state index in [1.165, 1.54) is 11.4 Å². The molecule has 0 aromatic carbocycles. The van der Waals surface area contributed by atoms with E-state index in [4.69, 9.17) is 0 Å². The summed E-state index contributed by atoms with van der Waals surface area (Å²) in [6.07, 6.45) is 3.87. The van der Waals surface area contributed by atoms with E-state index in [2.05, 4.69) is 51.1 Å². The van der Waals surface area contributed by atoms with Crippen molar-refractivity contribution in [3.63, 3.8) is 0 Å². The fourth-order valence-corrected chi connectivity index (χ4v) is 3.35. The molecule has 1 saturated heterocycles. The Labute approximate surface area is 131 Å². The molecule has 0 spiro atoms. The highest BCUT2D eigenvalue weighted by molar-refractivity contribution is 5.15. The Hall–Kier alpha value is -1.73. The quantitative estimate of drug-likeness (QED) is 0.873. The van der Waals surface area contributed by atoms with E-state index in [0.717, 1.165) is 31.9 Å². The number of aryl methyl sites for hydroxylation is 3. The van der Waals surface area contributed by atoms with Gasteiger partial charge in [0, 0.05) is 57.1 Å². The minimum atomic E-state index is 0.417. The third kappa shape index (κ3) is 2.78.